The van der Waals surface area contributed by atoms with Crippen molar-refractivity contribution in [3.8, 4) is 0 Å². The summed E-state index contributed by atoms with van der Waals surface area (Å²) in [7, 11) is -10.9. The Morgan fingerprint density at radius 3 is 2.19 bits per heavy atom. The molecule has 3 heterocycles. The Labute approximate surface area is 431 Å². The number of sulfonamides is 1. The first kappa shape index (κ1) is 54.1. The van der Waals surface area contributed by atoms with Crippen LogP contribution in [0.2, 0.25) is 5.02 Å². The van der Waals surface area contributed by atoms with Gasteiger partial charge in [0.05, 0.1) is 23.8 Å². The number of ether oxygens (including phenoxy) is 1. The molecule has 0 spiro atoms. The third kappa shape index (κ3) is 14.1. The van der Waals surface area contributed by atoms with E-state index in [2.05, 4.69) is 49.3 Å². The number of carbonyl (C=O) groups is 1. The number of anilines is 2. The molecule has 3 N–H and O–H groups in total. The smallest absolute Gasteiger partial charge is 0.380 e. The third-order valence-corrected chi connectivity index (χ3v) is 18.6. The van der Waals surface area contributed by atoms with Gasteiger partial charge in [-0.25, -0.2) is 21.6 Å². The zero-order valence-corrected chi connectivity index (χ0v) is 43.8. The number of halogens is 4. The van der Waals surface area contributed by atoms with Crippen LogP contribution in [0.25, 0.3) is 5.57 Å². The zero-order chi connectivity index (χ0) is 50.9. The number of sulfone groups is 1. The summed E-state index contributed by atoms with van der Waals surface area (Å²) < 4.78 is 104. The lowest BCUT2D eigenvalue weighted by Gasteiger charge is -2.41. The molecule has 2 atom stereocenters. The highest BCUT2D eigenvalue weighted by molar-refractivity contribution is 7.99. The van der Waals surface area contributed by atoms with Gasteiger partial charge >= 0.3 is 5.51 Å². The molecule has 0 bridgehead atoms. The number of carbonyl (C=O) groups excluding carboxylic acids is 1. The van der Waals surface area contributed by atoms with Gasteiger partial charge in [0.15, 0.2) is 0 Å². The molecule has 0 radical (unpaired) electrons. The molecule has 3 aliphatic heterocycles. The van der Waals surface area contributed by atoms with E-state index in [0.29, 0.717) is 51.1 Å². The Morgan fingerprint density at radius 2 is 1.51 bits per heavy atom. The van der Waals surface area contributed by atoms with E-state index in [1.54, 1.807) is 12.1 Å². The fraction of sp³-hybridized carbons (Fsp3) is 0.481. The average Bonchev–Trinajstić information content (AvgIpc) is 3.38. The van der Waals surface area contributed by atoms with E-state index < -0.39 is 52.8 Å². The standard InChI is InChI=1S/C52H65ClF3N7O6S3/c1-51(20-24-61-25-21-57-22-26-61)19-17-47(39-7-11-42(53)12-8-39)41(36-51)37-62-27-29-63(30-28-62)44-13-9-40(10-14-44)50(64)59-72(67,68)46-15-16-48(49(35-46)71(65,66)52(54,55)56)58-43(18-23-60-31-33-69-34-32-60)38-70-45-5-3-2-4-6-45/h2-16,35,43,57-58H,17-34,36-38H2,1H3,(H,59,64). The molecule has 0 aromatic heterocycles. The predicted molar refractivity (Wildman–Crippen MR) is 280 cm³/mol. The van der Waals surface area contributed by atoms with Crippen LogP contribution in [0.4, 0.5) is 24.5 Å². The fourth-order valence-electron chi connectivity index (χ4n) is 9.97. The first-order valence-electron chi connectivity index (χ1n) is 24.7. The molecular weight excluding hydrogens is 1010 g/mol. The molecule has 4 aromatic rings. The number of amides is 1. The van der Waals surface area contributed by atoms with E-state index in [9.17, 15) is 34.8 Å². The van der Waals surface area contributed by atoms with Crippen molar-refractivity contribution < 1.29 is 39.5 Å². The van der Waals surface area contributed by atoms with Crippen LogP contribution in [0.15, 0.2) is 117 Å². The molecule has 0 saturated carbocycles. The lowest BCUT2D eigenvalue weighted by molar-refractivity contribution is -0.0435. The molecular formula is C52H65ClF3N7O6S3. The molecule has 4 aliphatic rings. The number of nitrogens with one attached hydrogen (secondary N) is 3. The van der Waals surface area contributed by atoms with Crippen LogP contribution in [0.1, 0.15) is 54.9 Å². The second-order valence-electron chi connectivity index (χ2n) is 19.5. The van der Waals surface area contributed by atoms with Gasteiger partial charge in [-0.05, 0) is 122 Å². The van der Waals surface area contributed by atoms with Crippen molar-refractivity contribution in [3.63, 3.8) is 0 Å². The molecule has 13 nitrogen and oxygen atoms in total. The second kappa shape index (κ2) is 24.0. The number of thioether (sulfide) groups is 1. The first-order valence-corrected chi connectivity index (χ1v) is 29.0. The van der Waals surface area contributed by atoms with E-state index in [1.807, 2.05) is 47.2 Å². The first-order chi connectivity index (χ1) is 34.4. The number of hydrogen-bond donors (Lipinski definition) is 3. The monoisotopic (exact) mass is 1070 g/mol. The van der Waals surface area contributed by atoms with Crippen molar-refractivity contribution in [3.05, 3.63) is 119 Å². The Balaban J connectivity index is 0.914. The number of alkyl halides is 3. The fourth-order valence-corrected chi connectivity index (χ4v) is 13.1. The topological polar surface area (TPSA) is 144 Å². The summed E-state index contributed by atoms with van der Waals surface area (Å²) in [6, 6.07) is 26.0. The maximum atomic E-state index is 14.2. The molecule has 72 heavy (non-hydrogen) atoms. The highest BCUT2D eigenvalue weighted by atomic mass is 35.5. The number of piperazine rings is 2. The Bertz CT molecular complexity index is 2720. The summed E-state index contributed by atoms with van der Waals surface area (Å²) in [6.07, 6.45) is 4.80. The third-order valence-electron chi connectivity index (χ3n) is 14.3. The van der Waals surface area contributed by atoms with Gasteiger partial charge in [-0.15, -0.1) is 11.8 Å². The second-order valence-corrected chi connectivity index (χ2v) is 24.6. The van der Waals surface area contributed by atoms with Gasteiger partial charge in [-0.1, -0.05) is 54.4 Å². The van der Waals surface area contributed by atoms with Crippen molar-refractivity contribution in [1.82, 2.24) is 24.7 Å². The lowest BCUT2D eigenvalue weighted by atomic mass is 9.69. The summed E-state index contributed by atoms with van der Waals surface area (Å²) in [6.45, 7) is 14.8. The minimum atomic E-state index is -6.06. The normalized spacial score (nSPS) is 20.6. The molecule has 20 heteroatoms. The van der Waals surface area contributed by atoms with Crippen LogP contribution >= 0.6 is 23.4 Å². The van der Waals surface area contributed by atoms with Crippen LogP contribution < -0.4 is 20.3 Å². The molecule has 3 fully saturated rings. The number of hydrogen-bond acceptors (Lipinski definition) is 13. The van der Waals surface area contributed by atoms with Crippen molar-refractivity contribution in [2.75, 3.05) is 114 Å². The highest BCUT2D eigenvalue weighted by Crippen LogP contribution is 2.45. The largest absolute Gasteiger partial charge is 0.501 e. The van der Waals surface area contributed by atoms with E-state index in [1.165, 1.54) is 40.6 Å². The summed E-state index contributed by atoms with van der Waals surface area (Å²) >= 11 is 7.75. The average molecular weight is 1070 g/mol. The summed E-state index contributed by atoms with van der Waals surface area (Å²) in [4.78, 5) is 21.8. The van der Waals surface area contributed by atoms with Crippen LogP contribution in [0.5, 0.6) is 0 Å². The number of allylic oxidation sites excluding steroid dienone is 1. The molecule has 1 aliphatic carbocycles. The minimum Gasteiger partial charge on any atom is -0.380 e. The lowest BCUT2D eigenvalue weighted by Crippen LogP contribution is -2.47. The van der Waals surface area contributed by atoms with E-state index in [-0.39, 0.29) is 11.0 Å². The van der Waals surface area contributed by atoms with Gasteiger partial charge in [-0.3, -0.25) is 14.6 Å². The number of morpholine rings is 1. The molecule has 8 rings (SSSR count). The van der Waals surface area contributed by atoms with Gasteiger partial charge in [0, 0.05) is 112 Å². The minimum absolute atomic E-state index is 0.000349. The molecule has 3 saturated heterocycles. The number of nitrogens with zero attached hydrogens (tertiary/aromatic N) is 4. The number of rotatable bonds is 19. The summed E-state index contributed by atoms with van der Waals surface area (Å²) in [5.41, 5.74) is -0.959. The summed E-state index contributed by atoms with van der Waals surface area (Å²) in [5.74, 6) is -0.653. The predicted octanol–water partition coefficient (Wildman–Crippen LogP) is 8.11. The van der Waals surface area contributed by atoms with E-state index >= 15 is 0 Å². The Kier molecular flexibility index (Phi) is 18.0. The van der Waals surface area contributed by atoms with Gasteiger partial charge < -0.3 is 25.2 Å². The Hall–Kier alpha value is -4.18. The molecule has 4 aromatic carbocycles. The Morgan fingerprint density at radius 1 is 0.833 bits per heavy atom. The van der Waals surface area contributed by atoms with Crippen LogP contribution in [0, 0.1) is 5.41 Å². The van der Waals surface area contributed by atoms with Crippen molar-refractivity contribution in [2.45, 2.75) is 65.3 Å². The van der Waals surface area contributed by atoms with Crippen molar-refractivity contribution >= 4 is 66.1 Å². The van der Waals surface area contributed by atoms with Gasteiger partial charge in [0.25, 0.3) is 25.8 Å². The quantitative estimate of drug-likeness (QED) is 0.0780. The molecule has 1 amide bonds. The maximum absolute atomic E-state index is 14.2. The highest BCUT2D eigenvalue weighted by Gasteiger charge is 2.48. The molecule has 2 unspecified atom stereocenters. The molecule has 390 valence electrons. The van der Waals surface area contributed by atoms with Gasteiger partial charge in [0.1, 0.15) is 4.90 Å². The number of benzene rings is 4. The maximum Gasteiger partial charge on any atom is 0.501 e. The van der Waals surface area contributed by atoms with Crippen molar-refractivity contribution in [2.24, 2.45) is 5.41 Å². The summed E-state index contributed by atoms with van der Waals surface area (Å²) in [5, 5.41) is 7.18. The SMILES string of the molecule is CC1(CCN2CCNCC2)CCC(c2ccc(Cl)cc2)=C(CN2CCN(c3ccc(C(=O)NS(=O)(=O)c4ccc(NC(CCN5CCOCC5)CSc5ccccc5)c(S(=O)(=O)C(F)(F)F)c4)cc3)CC2)C1. The van der Waals surface area contributed by atoms with Crippen LogP contribution in [-0.4, -0.2) is 153 Å². The van der Waals surface area contributed by atoms with E-state index in [0.717, 1.165) is 119 Å². The zero-order valence-electron chi connectivity index (χ0n) is 40.6. The van der Waals surface area contributed by atoms with Crippen LogP contribution in [-0.2, 0) is 24.6 Å². The van der Waals surface area contributed by atoms with Crippen LogP contribution in [0.3, 0.4) is 0 Å². The van der Waals surface area contributed by atoms with Gasteiger partial charge in [0.2, 0.25) is 0 Å². The van der Waals surface area contributed by atoms with Crippen molar-refractivity contribution in [1.29, 1.82) is 0 Å². The van der Waals surface area contributed by atoms with Gasteiger partial charge in [-0.2, -0.15) is 13.2 Å². The van der Waals surface area contributed by atoms with E-state index in [4.69, 9.17) is 16.3 Å².